The minimum atomic E-state index is -0.500. The molecule has 0 spiro atoms. The number of carbonyl (C=O) groups excluding carboxylic acids is 2. The van der Waals surface area contributed by atoms with E-state index >= 15 is 0 Å². The lowest BCUT2D eigenvalue weighted by Crippen LogP contribution is -2.27. The van der Waals surface area contributed by atoms with E-state index in [4.69, 9.17) is 10.5 Å². The number of fused-ring (bicyclic) bond motifs is 1. The van der Waals surface area contributed by atoms with Gasteiger partial charge in [-0.2, -0.15) is 0 Å². The monoisotopic (exact) mass is 469 g/mol. The van der Waals surface area contributed by atoms with Gasteiger partial charge in [-0.3, -0.25) is 9.78 Å². The van der Waals surface area contributed by atoms with Crippen molar-refractivity contribution in [2.24, 2.45) is 5.73 Å². The fraction of sp³-hybridized carbons (Fsp3) is 0.207. The van der Waals surface area contributed by atoms with Crippen LogP contribution < -0.4 is 11.1 Å². The molecular weight excluding hydrogens is 438 g/mol. The number of nitrogens with one attached hydrogen (secondary N) is 1. The highest BCUT2D eigenvalue weighted by Crippen LogP contribution is 2.22. The maximum atomic E-state index is 12.9. The largest absolute Gasteiger partial charge is 0.457 e. The zero-order valence-electron chi connectivity index (χ0n) is 19.2. The number of esters is 1. The Bertz CT molecular complexity index is 1330. The molecule has 1 amide bonds. The van der Waals surface area contributed by atoms with Crippen LogP contribution >= 0.6 is 0 Å². The van der Waals surface area contributed by atoms with E-state index in [2.05, 4.69) is 10.3 Å². The van der Waals surface area contributed by atoms with E-state index in [1.165, 1.54) is 0 Å². The Labute approximate surface area is 206 Å². The zero-order valence-corrected chi connectivity index (χ0v) is 19.2. The van der Waals surface area contributed by atoms with Crippen LogP contribution in [0.3, 0.4) is 0 Å². The van der Waals surface area contributed by atoms with Gasteiger partial charge in [0.15, 0.2) is 0 Å². The number of carbonyl (C=O) groups is 2. The first-order valence-corrected chi connectivity index (χ1v) is 11.1. The molecule has 0 radical (unpaired) electrons. The normalized spacial score (nSPS) is 11.4. The minimum Gasteiger partial charge on any atom is -0.457 e. The van der Waals surface area contributed by atoms with Crippen LogP contribution in [0.15, 0.2) is 79.1 Å². The van der Waals surface area contributed by atoms with Crippen LogP contribution in [0.4, 0.5) is 5.69 Å². The van der Waals surface area contributed by atoms with Gasteiger partial charge < -0.3 is 15.8 Å². The number of benzene rings is 3. The number of nitrogens with zero attached hydrogens (tertiary/aromatic N) is 1. The van der Waals surface area contributed by atoms with Gasteiger partial charge in [0.25, 0.3) is 0 Å². The number of rotatable bonds is 7. The average molecular weight is 470 g/mol. The van der Waals surface area contributed by atoms with Crippen molar-refractivity contribution in [1.29, 1.82) is 0 Å². The SMILES string of the molecule is C.Cc1ccc(C(=O)OCc2ccc([C@@H](CN)C(=O)Nc3ccc4cnccc4c3)cc2)c(C)c1. The van der Waals surface area contributed by atoms with Gasteiger partial charge in [-0.15, -0.1) is 0 Å². The molecule has 4 rings (SSSR count). The summed E-state index contributed by atoms with van der Waals surface area (Å²) in [5.41, 5.74) is 10.8. The second-order valence-electron chi connectivity index (χ2n) is 8.35. The molecule has 0 fully saturated rings. The molecule has 6 nitrogen and oxygen atoms in total. The summed E-state index contributed by atoms with van der Waals surface area (Å²) in [4.78, 5) is 29.4. The van der Waals surface area contributed by atoms with Gasteiger partial charge >= 0.3 is 5.97 Å². The number of hydrogen-bond acceptors (Lipinski definition) is 5. The van der Waals surface area contributed by atoms with Crippen LogP contribution in [0, 0.1) is 13.8 Å². The van der Waals surface area contributed by atoms with Gasteiger partial charge in [0.05, 0.1) is 11.5 Å². The molecule has 1 heterocycles. The fourth-order valence-corrected chi connectivity index (χ4v) is 3.90. The van der Waals surface area contributed by atoms with Crippen molar-refractivity contribution >= 4 is 28.3 Å². The summed E-state index contributed by atoms with van der Waals surface area (Å²) < 4.78 is 5.48. The molecule has 0 unspecified atom stereocenters. The Hall–Kier alpha value is -4.03. The molecule has 180 valence electrons. The van der Waals surface area contributed by atoms with E-state index in [0.29, 0.717) is 11.3 Å². The van der Waals surface area contributed by atoms with Crippen LogP contribution in [0.5, 0.6) is 0 Å². The number of nitrogens with two attached hydrogens (primary N) is 1. The van der Waals surface area contributed by atoms with E-state index in [9.17, 15) is 9.59 Å². The van der Waals surface area contributed by atoms with Crippen molar-refractivity contribution in [3.05, 3.63) is 107 Å². The third-order valence-corrected chi connectivity index (χ3v) is 5.81. The Morgan fingerprint density at radius 1 is 0.971 bits per heavy atom. The maximum Gasteiger partial charge on any atom is 0.338 e. The maximum absolute atomic E-state index is 12.9. The molecule has 0 aliphatic heterocycles. The summed E-state index contributed by atoms with van der Waals surface area (Å²) in [7, 11) is 0. The standard InChI is InChI=1S/C28H27N3O3.CH4/c1-18-3-10-25(19(2)13-18)28(33)34-17-20-4-6-21(7-5-20)26(15-29)27(32)31-24-9-8-23-16-30-12-11-22(23)14-24;/h3-14,16,26H,15,17,29H2,1-2H3,(H,31,32);1H4/t26-;/m1./s1. The number of aromatic nitrogens is 1. The van der Waals surface area contributed by atoms with Crippen LogP contribution in [-0.4, -0.2) is 23.4 Å². The number of hydrogen-bond donors (Lipinski definition) is 2. The lowest BCUT2D eigenvalue weighted by atomic mass is 9.97. The summed E-state index contributed by atoms with van der Waals surface area (Å²) in [5.74, 6) is -1.03. The first-order chi connectivity index (χ1) is 16.4. The Balaban J connectivity index is 0.00000342. The molecule has 4 aromatic rings. The molecule has 0 aliphatic carbocycles. The van der Waals surface area contributed by atoms with Crippen molar-refractivity contribution in [2.45, 2.75) is 33.8 Å². The van der Waals surface area contributed by atoms with Crippen molar-refractivity contribution in [2.75, 3.05) is 11.9 Å². The number of pyridine rings is 1. The third kappa shape index (κ3) is 6.11. The summed E-state index contributed by atoms with van der Waals surface area (Å²) in [6.07, 6.45) is 3.50. The predicted octanol–water partition coefficient (Wildman–Crippen LogP) is 5.53. The molecule has 6 heteroatoms. The summed E-state index contributed by atoms with van der Waals surface area (Å²) in [6, 6.07) is 20.6. The first-order valence-electron chi connectivity index (χ1n) is 11.1. The van der Waals surface area contributed by atoms with E-state index in [1.54, 1.807) is 18.5 Å². The van der Waals surface area contributed by atoms with E-state index in [-0.39, 0.29) is 32.5 Å². The molecule has 0 saturated carbocycles. The van der Waals surface area contributed by atoms with Crippen LogP contribution in [0.25, 0.3) is 10.8 Å². The predicted molar refractivity (Wildman–Crippen MR) is 140 cm³/mol. The number of anilines is 1. The zero-order chi connectivity index (χ0) is 24.1. The van der Waals surface area contributed by atoms with Crippen molar-refractivity contribution < 1.29 is 14.3 Å². The molecule has 1 aromatic heterocycles. The second kappa shape index (κ2) is 11.4. The third-order valence-electron chi connectivity index (χ3n) is 5.81. The molecule has 0 aliphatic rings. The quantitative estimate of drug-likeness (QED) is 0.347. The molecular formula is C29H31N3O3. The number of amides is 1. The Morgan fingerprint density at radius 2 is 1.74 bits per heavy atom. The van der Waals surface area contributed by atoms with Crippen molar-refractivity contribution in [3.8, 4) is 0 Å². The number of aryl methyl sites for hydroxylation is 2. The number of ether oxygens (including phenoxy) is 1. The van der Waals surface area contributed by atoms with E-state index < -0.39 is 5.92 Å². The topological polar surface area (TPSA) is 94.3 Å². The molecule has 3 aromatic carbocycles. The van der Waals surface area contributed by atoms with Crippen molar-refractivity contribution in [3.63, 3.8) is 0 Å². The van der Waals surface area contributed by atoms with Crippen LogP contribution in [0.1, 0.15) is 46.0 Å². The summed E-state index contributed by atoms with van der Waals surface area (Å²) >= 11 is 0. The molecule has 0 bridgehead atoms. The van der Waals surface area contributed by atoms with Crippen molar-refractivity contribution in [1.82, 2.24) is 4.98 Å². The summed E-state index contributed by atoms with van der Waals surface area (Å²) in [6.45, 7) is 4.20. The fourth-order valence-electron chi connectivity index (χ4n) is 3.90. The van der Waals surface area contributed by atoms with Gasteiger partial charge in [-0.25, -0.2) is 4.79 Å². The minimum absolute atomic E-state index is 0. The van der Waals surface area contributed by atoms with Gasteiger partial charge in [-0.1, -0.05) is 55.5 Å². The lowest BCUT2D eigenvalue weighted by molar-refractivity contribution is -0.117. The van der Waals surface area contributed by atoms with Crippen LogP contribution in [-0.2, 0) is 16.1 Å². The Kier molecular flexibility index (Phi) is 8.34. The van der Waals surface area contributed by atoms with Gasteiger partial charge in [0.2, 0.25) is 5.91 Å². The highest BCUT2D eigenvalue weighted by atomic mass is 16.5. The van der Waals surface area contributed by atoms with Gasteiger partial charge in [0, 0.05) is 30.0 Å². The second-order valence-corrected chi connectivity index (χ2v) is 8.35. The highest BCUT2D eigenvalue weighted by Gasteiger charge is 2.19. The van der Waals surface area contributed by atoms with E-state index in [0.717, 1.165) is 33.0 Å². The highest BCUT2D eigenvalue weighted by molar-refractivity contribution is 5.98. The van der Waals surface area contributed by atoms with E-state index in [1.807, 2.05) is 74.5 Å². The smallest absolute Gasteiger partial charge is 0.338 e. The first kappa shape index (κ1) is 25.6. The molecule has 35 heavy (non-hydrogen) atoms. The van der Waals surface area contributed by atoms with Crippen LogP contribution in [0.2, 0.25) is 0 Å². The average Bonchev–Trinajstić information content (AvgIpc) is 2.83. The summed E-state index contributed by atoms with van der Waals surface area (Å²) in [5, 5.41) is 4.96. The lowest BCUT2D eigenvalue weighted by Gasteiger charge is -2.16. The molecule has 0 saturated heterocycles. The van der Waals surface area contributed by atoms with Gasteiger partial charge in [-0.05, 0) is 60.2 Å². The molecule has 1 atom stereocenters. The molecule has 3 N–H and O–H groups in total. The van der Waals surface area contributed by atoms with Gasteiger partial charge in [0.1, 0.15) is 6.61 Å². The Morgan fingerprint density at radius 3 is 2.46 bits per heavy atom.